The molecular weight excluding hydrogens is 188 g/mol. The van der Waals surface area contributed by atoms with Gasteiger partial charge >= 0.3 is 0 Å². The van der Waals surface area contributed by atoms with E-state index in [2.05, 4.69) is 14.9 Å². The predicted molar refractivity (Wildman–Crippen MR) is 60.8 cm³/mol. The number of nitrogens with two attached hydrogens (primary N) is 1. The topological polar surface area (TPSA) is 55.0 Å². The molecule has 1 aromatic heterocycles. The lowest BCUT2D eigenvalue weighted by molar-refractivity contribution is 0.461. The fraction of sp³-hybridized carbons (Fsp3) is 0.636. The van der Waals surface area contributed by atoms with E-state index < -0.39 is 0 Å². The van der Waals surface area contributed by atoms with Gasteiger partial charge in [-0.2, -0.15) is 0 Å². The van der Waals surface area contributed by atoms with Crippen molar-refractivity contribution in [3.05, 3.63) is 18.1 Å². The van der Waals surface area contributed by atoms with E-state index in [9.17, 15) is 0 Å². The summed E-state index contributed by atoms with van der Waals surface area (Å²) in [5.41, 5.74) is 6.79. The first-order chi connectivity index (χ1) is 7.33. The molecule has 0 aromatic carbocycles. The summed E-state index contributed by atoms with van der Waals surface area (Å²) >= 11 is 0. The molecule has 4 heteroatoms. The van der Waals surface area contributed by atoms with Gasteiger partial charge in [-0.05, 0) is 26.2 Å². The fourth-order valence-electron chi connectivity index (χ4n) is 2.21. The first-order valence-electron chi connectivity index (χ1n) is 5.57. The van der Waals surface area contributed by atoms with Crippen molar-refractivity contribution in [2.45, 2.75) is 32.2 Å². The molecule has 1 aliphatic heterocycles. The maximum atomic E-state index is 5.79. The number of piperidine rings is 1. The average Bonchev–Trinajstić information content (AvgIpc) is 2.30. The molecule has 82 valence electrons. The molecule has 0 spiro atoms. The van der Waals surface area contributed by atoms with E-state index in [0.29, 0.717) is 12.6 Å². The maximum absolute atomic E-state index is 5.79. The molecular formula is C11H18N4. The van der Waals surface area contributed by atoms with Gasteiger partial charge in [-0.15, -0.1) is 0 Å². The molecule has 15 heavy (non-hydrogen) atoms. The van der Waals surface area contributed by atoms with Crippen LogP contribution in [0.1, 0.15) is 25.0 Å². The van der Waals surface area contributed by atoms with E-state index in [0.717, 1.165) is 18.1 Å². The van der Waals surface area contributed by atoms with Gasteiger partial charge in [0.2, 0.25) is 0 Å². The zero-order chi connectivity index (χ0) is 10.7. The van der Waals surface area contributed by atoms with Crippen molar-refractivity contribution in [3.8, 4) is 0 Å². The minimum atomic E-state index is 0.439. The number of anilines is 1. The Morgan fingerprint density at radius 1 is 1.40 bits per heavy atom. The summed E-state index contributed by atoms with van der Waals surface area (Å²) < 4.78 is 0. The smallest absolute Gasteiger partial charge is 0.150 e. The number of hydrogen-bond donors (Lipinski definition) is 1. The van der Waals surface area contributed by atoms with Crippen molar-refractivity contribution in [3.63, 3.8) is 0 Å². The first kappa shape index (κ1) is 10.4. The van der Waals surface area contributed by atoms with Crippen LogP contribution in [-0.2, 0) is 0 Å². The van der Waals surface area contributed by atoms with Crippen molar-refractivity contribution in [1.29, 1.82) is 0 Å². The third-order valence-corrected chi connectivity index (χ3v) is 3.03. The quantitative estimate of drug-likeness (QED) is 0.787. The van der Waals surface area contributed by atoms with Crippen LogP contribution in [0.15, 0.2) is 12.4 Å². The van der Waals surface area contributed by atoms with Crippen LogP contribution >= 0.6 is 0 Å². The molecule has 1 aliphatic rings. The number of nitrogens with zero attached hydrogens (tertiary/aromatic N) is 3. The highest BCUT2D eigenvalue weighted by Gasteiger charge is 2.23. The van der Waals surface area contributed by atoms with Crippen molar-refractivity contribution < 1.29 is 0 Å². The molecule has 2 N–H and O–H groups in total. The lowest BCUT2D eigenvalue weighted by Crippen LogP contribution is -2.45. The zero-order valence-electron chi connectivity index (χ0n) is 9.19. The lowest BCUT2D eigenvalue weighted by Gasteiger charge is -2.36. The molecule has 1 aromatic rings. The molecule has 0 bridgehead atoms. The largest absolute Gasteiger partial charge is 0.351 e. The van der Waals surface area contributed by atoms with Crippen molar-refractivity contribution in [1.82, 2.24) is 9.97 Å². The average molecular weight is 206 g/mol. The molecule has 0 saturated carbocycles. The van der Waals surface area contributed by atoms with Crippen LogP contribution in [0.25, 0.3) is 0 Å². The van der Waals surface area contributed by atoms with Crippen LogP contribution in [0.4, 0.5) is 5.82 Å². The van der Waals surface area contributed by atoms with E-state index in [4.69, 9.17) is 5.73 Å². The fourth-order valence-corrected chi connectivity index (χ4v) is 2.21. The molecule has 4 nitrogen and oxygen atoms in total. The highest BCUT2D eigenvalue weighted by atomic mass is 15.2. The normalized spacial score (nSPS) is 21.7. The van der Waals surface area contributed by atoms with Crippen molar-refractivity contribution >= 4 is 5.82 Å². The molecule has 0 amide bonds. The maximum Gasteiger partial charge on any atom is 0.150 e. The predicted octanol–water partition coefficient (Wildman–Crippen LogP) is 1.10. The van der Waals surface area contributed by atoms with Crippen molar-refractivity contribution in [2.24, 2.45) is 5.73 Å². The molecule has 1 atom stereocenters. The minimum Gasteiger partial charge on any atom is -0.351 e. The molecule has 1 fully saturated rings. The van der Waals surface area contributed by atoms with Gasteiger partial charge in [0.25, 0.3) is 0 Å². The summed E-state index contributed by atoms with van der Waals surface area (Å²) in [5, 5.41) is 0. The van der Waals surface area contributed by atoms with Gasteiger partial charge in [0, 0.05) is 31.5 Å². The highest BCUT2D eigenvalue weighted by molar-refractivity contribution is 5.44. The first-order valence-corrected chi connectivity index (χ1v) is 5.57. The number of aryl methyl sites for hydroxylation is 1. The van der Waals surface area contributed by atoms with Gasteiger partial charge in [0.15, 0.2) is 0 Å². The van der Waals surface area contributed by atoms with Gasteiger partial charge in [0.1, 0.15) is 5.82 Å². The van der Waals surface area contributed by atoms with Gasteiger partial charge in [-0.25, -0.2) is 4.98 Å². The molecule has 2 heterocycles. The zero-order valence-corrected chi connectivity index (χ0v) is 9.19. The lowest BCUT2D eigenvalue weighted by atomic mass is 10.0. The standard InChI is InChI=1S/C11H18N4/c1-9-11(14-6-5-13-9)15-7-3-2-4-10(15)8-12/h5-6,10H,2-4,7-8,12H2,1H3/t10-/m1/s1. The summed E-state index contributed by atoms with van der Waals surface area (Å²) in [6.07, 6.45) is 7.17. The van der Waals surface area contributed by atoms with E-state index >= 15 is 0 Å². The summed E-state index contributed by atoms with van der Waals surface area (Å²) in [6.45, 7) is 3.77. The van der Waals surface area contributed by atoms with Crippen LogP contribution in [0, 0.1) is 6.92 Å². The van der Waals surface area contributed by atoms with Gasteiger partial charge < -0.3 is 10.6 Å². The Balaban J connectivity index is 2.24. The molecule has 0 unspecified atom stereocenters. The van der Waals surface area contributed by atoms with Crippen LogP contribution in [0.5, 0.6) is 0 Å². The summed E-state index contributed by atoms with van der Waals surface area (Å²) in [5.74, 6) is 1.01. The second-order valence-electron chi connectivity index (χ2n) is 4.04. The van der Waals surface area contributed by atoms with Gasteiger partial charge in [-0.3, -0.25) is 4.98 Å². The monoisotopic (exact) mass is 206 g/mol. The minimum absolute atomic E-state index is 0.439. The number of aromatic nitrogens is 2. The second-order valence-corrected chi connectivity index (χ2v) is 4.04. The Labute approximate surface area is 90.5 Å². The van der Waals surface area contributed by atoms with Crippen LogP contribution in [0.3, 0.4) is 0 Å². The molecule has 0 aliphatic carbocycles. The van der Waals surface area contributed by atoms with E-state index in [1.165, 1.54) is 19.3 Å². The summed E-state index contributed by atoms with van der Waals surface area (Å²) in [7, 11) is 0. The second kappa shape index (κ2) is 4.57. The van der Waals surface area contributed by atoms with Crippen LogP contribution in [-0.4, -0.2) is 29.1 Å². The Morgan fingerprint density at radius 3 is 2.93 bits per heavy atom. The Bertz CT molecular complexity index is 326. The third kappa shape index (κ3) is 2.09. The Hall–Kier alpha value is -1.16. The van der Waals surface area contributed by atoms with E-state index in [-0.39, 0.29) is 0 Å². The highest BCUT2D eigenvalue weighted by Crippen LogP contribution is 2.23. The van der Waals surface area contributed by atoms with E-state index in [1.807, 2.05) is 6.92 Å². The van der Waals surface area contributed by atoms with Gasteiger partial charge in [-0.1, -0.05) is 0 Å². The third-order valence-electron chi connectivity index (χ3n) is 3.03. The van der Waals surface area contributed by atoms with Crippen LogP contribution < -0.4 is 10.6 Å². The van der Waals surface area contributed by atoms with Crippen LogP contribution in [0.2, 0.25) is 0 Å². The Kier molecular flexibility index (Phi) is 3.16. The van der Waals surface area contributed by atoms with E-state index in [1.54, 1.807) is 12.4 Å². The molecule has 2 rings (SSSR count). The summed E-state index contributed by atoms with van der Waals surface area (Å²) in [6, 6.07) is 0.439. The number of rotatable bonds is 2. The molecule has 0 radical (unpaired) electrons. The van der Waals surface area contributed by atoms with Gasteiger partial charge in [0.05, 0.1) is 5.69 Å². The Morgan fingerprint density at radius 2 is 2.20 bits per heavy atom. The number of hydrogen-bond acceptors (Lipinski definition) is 4. The molecule has 1 saturated heterocycles. The summed E-state index contributed by atoms with van der Waals surface area (Å²) in [4.78, 5) is 11.0. The SMILES string of the molecule is Cc1nccnc1N1CCCC[C@@H]1CN. The van der Waals surface area contributed by atoms with Crippen molar-refractivity contribution in [2.75, 3.05) is 18.0 Å².